The van der Waals surface area contributed by atoms with Crippen molar-refractivity contribution in [3.05, 3.63) is 69.0 Å². The van der Waals surface area contributed by atoms with Crippen molar-refractivity contribution >= 4 is 23.0 Å². The van der Waals surface area contributed by atoms with Crippen molar-refractivity contribution < 1.29 is 9.31 Å². The Balaban J connectivity index is 2.07. The van der Waals surface area contributed by atoms with Gasteiger partial charge in [-0.2, -0.15) is 0 Å². The molecule has 19 heavy (non-hydrogen) atoms. The molecule has 0 saturated heterocycles. The molecule has 2 aromatic rings. The summed E-state index contributed by atoms with van der Waals surface area (Å²) in [5.41, 5.74) is 1.31. The Morgan fingerprint density at radius 1 is 1.26 bits per heavy atom. The Kier molecular flexibility index (Phi) is 3.97. The van der Waals surface area contributed by atoms with E-state index in [4.69, 9.17) is 11.6 Å². The first-order chi connectivity index (χ1) is 9.06. The standard InChI is InChI=1S/C13H10ClFN2O2/c14-12-5-4-9(6-13(12)15)8-16-10-2-1-3-11(7-10)17(18)19/h1-7,16H,8H2. The zero-order chi connectivity index (χ0) is 13.8. The van der Waals surface area contributed by atoms with Gasteiger partial charge in [-0.15, -0.1) is 0 Å². The van der Waals surface area contributed by atoms with E-state index in [9.17, 15) is 14.5 Å². The number of hydrogen-bond acceptors (Lipinski definition) is 3. The molecular formula is C13H10ClFN2O2. The molecule has 0 aliphatic carbocycles. The third kappa shape index (κ3) is 3.42. The molecule has 0 fully saturated rings. The molecule has 0 aromatic heterocycles. The minimum atomic E-state index is -0.486. The van der Waals surface area contributed by atoms with E-state index in [0.717, 1.165) is 0 Å². The smallest absolute Gasteiger partial charge is 0.271 e. The fourth-order valence-corrected chi connectivity index (χ4v) is 1.70. The van der Waals surface area contributed by atoms with Gasteiger partial charge in [-0.1, -0.05) is 23.7 Å². The predicted octanol–water partition coefficient (Wildman–Crippen LogP) is 4.00. The van der Waals surface area contributed by atoms with Gasteiger partial charge in [0.05, 0.1) is 9.95 Å². The van der Waals surface area contributed by atoms with Crippen LogP contribution in [0.2, 0.25) is 5.02 Å². The van der Waals surface area contributed by atoms with Crippen molar-refractivity contribution in [1.82, 2.24) is 0 Å². The van der Waals surface area contributed by atoms with Crippen LogP contribution in [0.4, 0.5) is 15.8 Å². The van der Waals surface area contributed by atoms with Gasteiger partial charge in [-0.3, -0.25) is 10.1 Å². The SMILES string of the molecule is O=[N+]([O-])c1cccc(NCc2ccc(Cl)c(F)c2)c1. The highest BCUT2D eigenvalue weighted by molar-refractivity contribution is 6.30. The van der Waals surface area contributed by atoms with Crippen LogP contribution < -0.4 is 5.32 Å². The lowest BCUT2D eigenvalue weighted by Gasteiger charge is -2.07. The molecule has 0 amide bonds. The number of halogens is 2. The highest BCUT2D eigenvalue weighted by Gasteiger charge is 2.06. The van der Waals surface area contributed by atoms with Crippen molar-refractivity contribution in [1.29, 1.82) is 0 Å². The van der Waals surface area contributed by atoms with E-state index >= 15 is 0 Å². The zero-order valence-corrected chi connectivity index (χ0v) is 10.5. The lowest BCUT2D eigenvalue weighted by molar-refractivity contribution is -0.384. The quantitative estimate of drug-likeness (QED) is 0.680. The summed E-state index contributed by atoms with van der Waals surface area (Å²) >= 11 is 5.58. The maximum Gasteiger partial charge on any atom is 0.271 e. The minimum Gasteiger partial charge on any atom is -0.381 e. The van der Waals surface area contributed by atoms with Crippen LogP contribution in [-0.2, 0) is 6.54 Å². The molecule has 2 rings (SSSR count). The first kappa shape index (κ1) is 13.3. The van der Waals surface area contributed by atoms with Gasteiger partial charge in [0.1, 0.15) is 5.82 Å². The summed E-state index contributed by atoms with van der Waals surface area (Å²) in [7, 11) is 0. The number of hydrogen-bond donors (Lipinski definition) is 1. The van der Waals surface area contributed by atoms with Gasteiger partial charge in [-0.05, 0) is 23.8 Å². The summed E-state index contributed by atoms with van der Waals surface area (Å²) in [6, 6.07) is 10.6. The number of benzene rings is 2. The van der Waals surface area contributed by atoms with Gasteiger partial charge in [-0.25, -0.2) is 4.39 Å². The van der Waals surface area contributed by atoms with Crippen molar-refractivity contribution in [2.24, 2.45) is 0 Å². The van der Waals surface area contributed by atoms with Crippen molar-refractivity contribution in [2.45, 2.75) is 6.54 Å². The summed E-state index contributed by atoms with van der Waals surface area (Å²) in [4.78, 5) is 10.2. The van der Waals surface area contributed by atoms with Crippen molar-refractivity contribution in [3.63, 3.8) is 0 Å². The molecule has 0 heterocycles. The predicted molar refractivity (Wildman–Crippen MR) is 71.8 cm³/mol. The van der Waals surface area contributed by atoms with E-state index < -0.39 is 10.7 Å². The van der Waals surface area contributed by atoms with E-state index in [0.29, 0.717) is 17.8 Å². The zero-order valence-electron chi connectivity index (χ0n) is 9.77. The number of nitro benzene ring substituents is 1. The highest BCUT2D eigenvalue weighted by Crippen LogP contribution is 2.19. The van der Waals surface area contributed by atoms with Crippen LogP contribution in [0, 0.1) is 15.9 Å². The average molecular weight is 281 g/mol. The molecule has 6 heteroatoms. The van der Waals surface area contributed by atoms with E-state index in [1.165, 1.54) is 24.3 Å². The first-order valence-corrected chi connectivity index (χ1v) is 5.86. The number of anilines is 1. The van der Waals surface area contributed by atoms with Crippen LogP contribution in [0.3, 0.4) is 0 Å². The van der Waals surface area contributed by atoms with E-state index in [1.807, 2.05) is 0 Å². The van der Waals surface area contributed by atoms with Crippen LogP contribution in [-0.4, -0.2) is 4.92 Å². The number of nitrogens with zero attached hydrogens (tertiary/aromatic N) is 1. The van der Waals surface area contributed by atoms with E-state index in [-0.39, 0.29) is 10.7 Å². The van der Waals surface area contributed by atoms with Crippen molar-refractivity contribution in [2.75, 3.05) is 5.32 Å². The van der Waals surface area contributed by atoms with Crippen LogP contribution in [0.5, 0.6) is 0 Å². The second kappa shape index (κ2) is 5.67. The molecule has 1 N–H and O–H groups in total. The molecule has 0 bridgehead atoms. The normalized spacial score (nSPS) is 10.2. The fourth-order valence-electron chi connectivity index (χ4n) is 1.58. The Morgan fingerprint density at radius 2 is 2.05 bits per heavy atom. The molecule has 98 valence electrons. The number of nitro groups is 1. The molecule has 0 aliphatic heterocycles. The fraction of sp³-hybridized carbons (Fsp3) is 0.0769. The molecule has 2 aromatic carbocycles. The van der Waals surface area contributed by atoms with Gasteiger partial charge in [0, 0.05) is 24.4 Å². The highest BCUT2D eigenvalue weighted by atomic mass is 35.5. The summed E-state index contributed by atoms with van der Waals surface area (Å²) in [5, 5.41) is 13.7. The number of rotatable bonds is 4. The summed E-state index contributed by atoms with van der Waals surface area (Å²) < 4.78 is 13.2. The van der Waals surface area contributed by atoms with E-state index in [2.05, 4.69) is 5.32 Å². The van der Waals surface area contributed by atoms with Crippen LogP contribution in [0.15, 0.2) is 42.5 Å². The summed E-state index contributed by atoms with van der Waals surface area (Å²) in [5.74, 6) is -0.486. The van der Waals surface area contributed by atoms with Gasteiger partial charge < -0.3 is 5.32 Å². The molecule has 0 spiro atoms. The molecule has 0 radical (unpaired) electrons. The Bertz CT molecular complexity index is 619. The molecular weight excluding hydrogens is 271 g/mol. The lowest BCUT2D eigenvalue weighted by Crippen LogP contribution is -2.00. The molecule has 0 saturated carbocycles. The van der Waals surface area contributed by atoms with Gasteiger partial charge in [0.2, 0.25) is 0 Å². The Hall–Kier alpha value is -2.14. The Morgan fingerprint density at radius 3 is 2.74 bits per heavy atom. The van der Waals surface area contributed by atoms with Gasteiger partial charge in [0.25, 0.3) is 5.69 Å². The van der Waals surface area contributed by atoms with Crippen LogP contribution >= 0.6 is 11.6 Å². The summed E-state index contributed by atoms with van der Waals surface area (Å²) in [6.07, 6.45) is 0. The van der Waals surface area contributed by atoms with Gasteiger partial charge in [0.15, 0.2) is 0 Å². The third-order valence-electron chi connectivity index (χ3n) is 2.54. The molecule has 0 atom stereocenters. The monoisotopic (exact) mass is 280 g/mol. The third-order valence-corrected chi connectivity index (χ3v) is 2.84. The van der Waals surface area contributed by atoms with Crippen molar-refractivity contribution in [3.8, 4) is 0 Å². The second-order valence-corrected chi connectivity index (χ2v) is 4.32. The minimum absolute atomic E-state index is 0.00675. The largest absolute Gasteiger partial charge is 0.381 e. The number of non-ortho nitro benzene ring substituents is 1. The van der Waals surface area contributed by atoms with Crippen LogP contribution in [0.1, 0.15) is 5.56 Å². The molecule has 4 nitrogen and oxygen atoms in total. The average Bonchev–Trinajstić information content (AvgIpc) is 2.40. The molecule has 0 unspecified atom stereocenters. The first-order valence-electron chi connectivity index (χ1n) is 5.48. The van der Waals surface area contributed by atoms with E-state index in [1.54, 1.807) is 18.2 Å². The topological polar surface area (TPSA) is 55.2 Å². The lowest BCUT2D eigenvalue weighted by atomic mass is 10.2. The maximum atomic E-state index is 13.2. The maximum absolute atomic E-state index is 13.2. The van der Waals surface area contributed by atoms with Crippen LogP contribution in [0.25, 0.3) is 0 Å². The van der Waals surface area contributed by atoms with Gasteiger partial charge >= 0.3 is 0 Å². The second-order valence-electron chi connectivity index (χ2n) is 3.91. The number of nitrogens with one attached hydrogen (secondary N) is 1. The molecule has 0 aliphatic rings. The Labute approximate surface area is 114 Å². The summed E-state index contributed by atoms with van der Waals surface area (Å²) in [6.45, 7) is 0.356.